The minimum Gasteiger partial charge on any atom is -0.494 e. The fraction of sp³-hybridized carbons (Fsp3) is 0.286. The molecule has 30 heavy (non-hydrogen) atoms. The molecule has 1 N–H and O–H groups in total. The van der Waals surface area contributed by atoms with Crippen molar-refractivity contribution in [3.63, 3.8) is 0 Å². The molecule has 0 spiro atoms. The van der Waals surface area contributed by atoms with Gasteiger partial charge in [0.25, 0.3) is 0 Å². The number of pyridine rings is 1. The van der Waals surface area contributed by atoms with E-state index in [1.165, 1.54) is 20.3 Å². The lowest BCUT2D eigenvalue weighted by Gasteiger charge is -2.12. The van der Waals surface area contributed by atoms with Crippen LogP contribution in [0.4, 0.5) is 14.6 Å². The smallest absolute Gasteiger partial charge is 0.186 e. The number of nitrogens with zero attached hydrogens (tertiary/aromatic N) is 4. The van der Waals surface area contributed by atoms with Gasteiger partial charge in [-0.25, -0.2) is 13.8 Å². The van der Waals surface area contributed by atoms with Crippen LogP contribution >= 0.6 is 0 Å². The summed E-state index contributed by atoms with van der Waals surface area (Å²) in [5.74, 6) is -0.648. The van der Waals surface area contributed by atoms with Gasteiger partial charge < -0.3 is 14.8 Å². The molecule has 0 amide bonds. The first kappa shape index (κ1) is 21.4. The van der Waals surface area contributed by atoms with Crippen molar-refractivity contribution >= 4 is 23.7 Å². The van der Waals surface area contributed by atoms with Gasteiger partial charge in [-0.05, 0) is 29.3 Å². The number of aromatic nitrogens is 3. The maximum atomic E-state index is 14.7. The molecular weight excluding hydrogens is 392 g/mol. The lowest BCUT2D eigenvalue weighted by Crippen LogP contribution is -2.08. The normalized spacial score (nSPS) is 14.6. The molecule has 2 aromatic heterocycles. The number of allylic oxidation sites excluding steroid dienone is 3. The van der Waals surface area contributed by atoms with Gasteiger partial charge in [0.15, 0.2) is 11.6 Å². The second-order valence-corrected chi connectivity index (χ2v) is 6.52. The Labute approximate surface area is 173 Å². The van der Waals surface area contributed by atoms with Gasteiger partial charge in [-0.15, -0.1) is 0 Å². The molecule has 0 radical (unpaired) electrons. The maximum Gasteiger partial charge on any atom is 0.186 e. The van der Waals surface area contributed by atoms with Crippen LogP contribution in [0.2, 0.25) is 0 Å². The van der Waals surface area contributed by atoms with E-state index in [4.69, 9.17) is 9.47 Å². The Balaban J connectivity index is 1.92. The van der Waals surface area contributed by atoms with E-state index in [1.54, 1.807) is 29.4 Å². The van der Waals surface area contributed by atoms with Gasteiger partial charge in [0.2, 0.25) is 0 Å². The summed E-state index contributed by atoms with van der Waals surface area (Å²) in [6.45, 7) is -0.468. The Bertz CT molecular complexity index is 1020. The average Bonchev–Trinajstić information content (AvgIpc) is 3.07. The molecule has 0 bridgehead atoms. The lowest BCUT2D eigenvalue weighted by atomic mass is 10.1. The number of fused-ring (bicyclic) bond motifs is 1. The Morgan fingerprint density at radius 2 is 2.17 bits per heavy atom. The minimum atomic E-state index is -1.06. The molecule has 0 saturated heterocycles. The molecule has 0 atom stereocenters. The van der Waals surface area contributed by atoms with Crippen molar-refractivity contribution in [2.75, 3.05) is 32.8 Å². The number of rotatable bonds is 8. The first-order valence-electron chi connectivity index (χ1n) is 9.20. The third kappa shape index (κ3) is 4.98. The second-order valence-electron chi connectivity index (χ2n) is 6.52. The van der Waals surface area contributed by atoms with E-state index in [0.717, 1.165) is 22.3 Å². The van der Waals surface area contributed by atoms with E-state index >= 15 is 0 Å². The van der Waals surface area contributed by atoms with E-state index in [1.807, 2.05) is 19.3 Å². The van der Waals surface area contributed by atoms with Gasteiger partial charge in [0.1, 0.15) is 12.5 Å². The average molecular weight is 415 g/mol. The summed E-state index contributed by atoms with van der Waals surface area (Å²) in [5.41, 5.74) is 3.27. The maximum absolute atomic E-state index is 14.7. The van der Waals surface area contributed by atoms with Crippen molar-refractivity contribution in [1.82, 2.24) is 14.8 Å². The standard InChI is InChI=1S/C21H23F2N5O2/c1-28-13-17(12-26-28)15-6-14-7-20(25-11-16(14)10-24-9-15)27-18(8-22)21(23)19(30-3)4-5-29-2/h4,6-7,9,11-13H,5,8,10H2,1-3H3,(H,25,27)/b19-4+,21-18-. The number of nitrogens with one attached hydrogen (secondary N) is 1. The summed E-state index contributed by atoms with van der Waals surface area (Å²) < 4.78 is 39.8. The number of ether oxygens (including phenoxy) is 2. The number of methoxy groups -OCH3 is 2. The van der Waals surface area contributed by atoms with Crippen molar-refractivity contribution in [3.8, 4) is 0 Å². The van der Waals surface area contributed by atoms with Crippen LogP contribution in [0.5, 0.6) is 0 Å². The largest absolute Gasteiger partial charge is 0.494 e. The molecule has 9 heteroatoms. The summed E-state index contributed by atoms with van der Waals surface area (Å²) in [5, 5.41) is 6.90. The van der Waals surface area contributed by atoms with Crippen LogP contribution < -0.4 is 5.32 Å². The summed E-state index contributed by atoms with van der Waals surface area (Å²) in [7, 11) is 4.62. The van der Waals surface area contributed by atoms with Crippen molar-refractivity contribution in [2.45, 2.75) is 6.54 Å². The zero-order valence-corrected chi connectivity index (χ0v) is 17.0. The number of hydrogen-bond acceptors (Lipinski definition) is 6. The topological polar surface area (TPSA) is 73.6 Å². The number of aliphatic imine (C=N–C) groups is 1. The van der Waals surface area contributed by atoms with Crippen LogP contribution in [0.1, 0.15) is 16.7 Å². The monoisotopic (exact) mass is 415 g/mol. The highest BCUT2D eigenvalue weighted by Gasteiger charge is 2.15. The van der Waals surface area contributed by atoms with Gasteiger partial charge >= 0.3 is 0 Å². The second kappa shape index (κ2) is 9.93. The fourth-order valence-electron chi connectivity index (χ4n) is 2.88. The molecule has 1 aliphatic rings. The molecule has 0 unspecified atom stereocenters. The molecule has 2 aromatic rings. The Hall–Kier alpha value is -3.33. The number of alkyl halides is 1. The highest BCUT2D eigenvalue weighted by atomic mass is 19.1. The third-order valence-corrected chi connectivity index (χ3v) is 4.41. The van der Waals surface area contributed by atoms with Crippen molar-refractivity contribution in [1.29, 1.82) is 0 Å². The highest BCUT2D eigenvalue weighted by molar-refractivity contribution is 6.16. The SMILES string of the molecule is COC/C=C(OC)\C(F)=C(/CF)Nc1cc2c(cn1)CN=CC(c1cnn(C)c1)=C2. The van der Waals surface area contributed by atoms with Gasteiger partial charge in [-0.2, -0.15) is 5.10 Å². The molecule has 0 saturated carbocycles. The summed E-state index contributed by atoms with van der Waals surface area (Å²) in [6.07, 6.45) is 10.4. The van der Waals surface area contributed by atoms with Gasteiger partial charge in [0, 0.05) is 43.9 Å². The zero-order chi connectivity index (χ0) is 21.5. The fourth-order valence-corrected chi connectivity index (χ4v) is 2.88. The first-order valence-corrected chi connectivity index (χ1v) is 9.20. The lowest BCUT2D eigenvalue weighted by molar-refractivity contribution is 0.222. The van der Waals surface area contributed by atoms with Crippen LogP contribution in [0, 0.1) is 0 Å². The number of hydrogen-bond donors (Lipinski definition) is 1. The van der Waals surface area contributed by atoms with Crippen LogP contribution in [0.15, 0.2) is 53.0 Å². The Morgan fingerprint density at radius 1 is 1.33 bits per heavy atom. The van der Waals surface area contributed by atoms with E-state index < -0.39 is 12.5 Å². The molecular formula is C21H23F2N5O2. The highest BCUT2D eigenvalue weighted by Crippen LogP contribution is 2.25. The summed E-state index contributed by atoms with van der Waals surface area (Å²) in [6, 6.07) is 1.73. The summed E-state index contributed by atoms with van der Waals surface area (Å²) in [4.78, 5) is 8.69. The van der Waals surface area contributed by atoms with E-state index in [2.05, 4.69) is 20.4 Å². The van der Waals surface area contributed by atoms with Crippen molar-refractivity contribution in [3.05, 3.63) is 64.7 Å². The van der Waals surface area contributed by atoms with E-state index in [0.29, 0.717) is 12.4 Å². The van der Waals surface area contributed by atoms with Crippen molar-refractivity contribution < 1.29 is 18.3 Å². The first-order chi connectivity index (χ1) is 14.5. The van der Waals surface area contributed by atoms with Crippen LogP contribution in [0.3, 0.4) is 0 Å². The Kier molecular flexibility index (Phi) is 7.08. The number of anilines is 1. The third-order valence-electron chi connectivity index (χ3n) is 4.41. The predicted molar refractivity (Wildman–Crippen MR) is 112 cm³/mol. The quantitative estimate of drug-likeness (QED) is 0.526. The van der Waals surface area contributed by atoms with Gasteiger partial charge in [-0.3, -0.25) is 9.67 Å². The molecule has 3 heterocycles. The van der Waals surface area contributed by atoms with E-state index in [-0.39, 0.29) is 18.1 Å². The van der Waals surface area contributed by atoms with Gasteiger partial charge in [0.05, 0.1) is 32.2 Å². The molecule has 158 valence electrons. The Morgan fingerprint density at radius 3 is 2.83 bits per heavy atom. The van der Waals surface area contributed by atoms with Crippen LogP contribution in [-0.2, 0) is 23.1 Å². The molecule has 0 aromatic carbocycles. The molecule has 0 aliphatic carbocycles. The van der Waals surface area contributed by atoms with E-state index in [9.17, 15) is 8.78 Å². The minimum absolute atomic E-state index is 0.112. The molecule has 0 fully saturated rings. The molecule has 3 rings (SSSR count). The van der Waals surface area contributed by atoms with Gasteiger partial charge in [-0.1, -0.05) is 0 Å². The predicted octanol–water partition coefficient (Wildman–Crippen LogP) is 3.68. The number of halogens is 2. The van der Waals surface area contributed by atoms with Crippen molar-refractivity contribution in [2.24, 2.45) is 12.0 Å². The molecule has 7 nitrogen and oxygen atoms in total. The number of aryl methyl sites for hydroxylation is 1. The zero-order valence-electron chi connectivity index (χ0n) is 17.0. The van der Waals surface area contributed by atoms with Crippen LogP contribution in [0.25, 0.3) is 11.6 Å². The van der Waals surface area contributed by atoms with Crippen LogP contribution in [-0.4, -0.2) is 48.5 Å². The summed E-state index contributed by atoms with van der Waals surface area (Å²) >= 11 is 0. The molecule has 1 aliphatic heterocycles.